The molecule has 3 N–H and O–H groups in total. The van der Waals surface area contributed by atoms with Gasteiger partial charge < -0.3 is 16.0 Å². The predicted octanol–water partition coefficient (Wildman–Crippen LogP) is 1.75. The van der Waals surface area contributed by atoms with Crippen molar-refractivity contribution in [3.63, 3.8) is 0 Å². The maximum absolute atomic E-state index is 6.09. The Balaban J connectivity index is 1.41. The molecule has 156 valence electrons. The minimum absolute atomic E-state index is 0.480. The zero-order chi connectivity index (χ0) is 19.8. The smallest absolute Gasteiger partial charge is 0.188 e. The first kappa shape index (κ1) is 21.1. The summed E-state index contributed by atoms with van der Waals surface area (Å²) in [6.45, 7) is 10.7. The summed E-state index contributed by atoms with van der Waals surface area (Å²) in [7, 11) is 2.22. The molecule has 2 fully saturated rings. The Morgan fingerprint density at radius 1 is 1.18 bits per heavy atom. The highest BCUT2D eigenvalue weighted by molar-refractivity contribution is 5.77. The minimum Gasteiger partial charge on any atom is -0.370 e. The van der Waals surface area contributed by atoms with E-state index < -0.39 is 0 Å². The van der Waals surface area contributed by atoms with Gasteiger partial charge in [-0.2, -0.15) is 0 Å². The second-order valence-corrected chi connectivity index (χ2v) is 8.16. The summed E-state index contributed by atoms with van der Waals surface area (Å²) in [6.07, 6.45) is 3.61. The van der Waals surface area contributed by atoms with E-state index in [-0.39, 0.29) is 0 Å². The van der Waals surface area contributed by atoms with Crippen LogP contribution in [0.25, 0.3) is 0 Å². The number of aliphatic imine (C=N–C) groups is 1. The number of nitrogens with two attached hydrogens (primary N) is 1. The molecule has 2 unspecified atom stereocenters. The van der Waals surface area contributed by atoms with Crippen molar-refractivity contribution in [1.82, 2.24) is 20.0 Å². The summed E-state index contributed by atoms with van der Waals surface area (Å²) in [6, 6.07) is 11.9. The number of likely N-dealkylation sites (tertiary alicyclic amines) is 1. The third-order valence-electron chi connectivity index (χ3n) is 6.18. The van der Waals surface area contributed by atoms with Gasteiger partial charge >= 0.3 is 0 Å². The molecule has 0 aromatic heterocycles. The SMILES string of the molecule is CCN1CCCC1CN=C(N)NCCCN1CCN(C)CC1c1ccccc1. The molecule has 3 rings (SSSR count). The molecule has 1 aromatic rings. The highest BCUT2D eigenvalue weighted by Gasteiger charge is 2.26. The first-order valence-electron chi connectivity index (χ1n) is 10.9. The van der Waals surface area contributed by atoms with Gasteiger partial charge in [-0.3, -0.25) is 14.8 Å². The number of likely N-dealkylation sites (N-methyl/N-ethyl adjacent to an activating group) is 2. The summed E-state index contributed by atoms with van der Waals surface area (Å²) in [5.74, 6) is 0.598. The molecular weight excluding hydrogens is 348 g/mol. The van der Waals surface area contributed by atoms with Crippen LogP contribution in [0.5, 0.6) is 0 Å². The minimum atomic E-state index is 0.480. The van der Waals surface area contributed by atoms with Crippen molar-refractivity contribution in [2.75, 3.05) is 59.4 Å². The fraction of sp³-hybridized carbons (Fsp3) is 0.682. The third-order valence-corrected chi connectivity index (χ3v) is 6.18. The lowest BCUT2D eigenvalue weighted by molar-refractivity contribution is 0.0891. The van der Waals surface area contributed by atoms with Crippen LogP contribution in [0.1, 0.15) is 37.8 Å². The molecule has 0 radical (unpaired) electrons. The van der Waals surface area contributed by atoms with Crippen LogP contribution in [-0.4, -0.2) is 86.1 Å². The predicted molar refractivity (Wildman–Crippen MR) is 118 cm³/mol. The molecule has 2 saturated heterocycles. The van der Waals surface area contributed by atoms with Gasteiger partial charge in [0.2, 0.25) is 0 Å². The van der Waals surface area contributed by atoms with E-state index in [9.17, 15) is 0 Å². The van der Waals surface area contributed by atoms with Gasteiger partial charge in [-0.05, 0) is 45.0 Å². The molecule has 0 amide bonds. The molecule has 28 heavy (non-hydrogen) atoms. The van der Waals surface area contributed by atoms with Crippen LogP contribution in [0, 0.1) is 0 Å². The van der Waals surface area contributed by atoms with E-state index in [4.69, 9.17) is 5.73 Å². The summed E-state index contributed by atoms with van der Waals surface area (Å²) >= 11 is 0. The monoisotopic (exact) mass is 386 g/mol. The summed E-state index contributed by atoms with van der Waals surface area (Å²) < 4.78 is 0. The Kier molecular flexibility index (Phi) is 8.13. The molecule has 0 spiro atoms. The van der Waals surface area contributed by atoms with E-state index in [0.29, 0.717) is 18.0 Å². The topological polar surface area (TPSA) is 60.1 Å². The Labute approximate surface area is 170 Å². The lowest BCUT2D eigenvalue weighted by Crippen LogP contribution is -2.47. The standard InChI is InChI=1S/C22H38N6/c1-3-27-13-7-11-20(27)17-25-22(23)24-12-8-14-28-16-15-26(2)18-21(28)19-9-5-4-6-10-19/h4-6,9-10,20-21H,3,7-8,11-18H2,1-2H3,(H3,23,24,25). The lowest BCUT2D eigenvalue weighted by Gasteiger charge is -2.40. The number of benzene rings is 1. The van der Waals surface area contributed by atoms with Crippen LogP contribution in [0.2, 0.25) is 0 Å². The number of hydrogen-bond donors (Lipinski definition) is 2. The van der Waals surface area contributed by atoms with Gasteiger partial charge in [-0.1, -0.05) is 37.3 Å². The molecule has 6 nitrogen and oxygen atoms in total. The fourth-order valence-corrected chi connectivity index (χ4v) is 4.49. The summed E-state index contributed by atoms with van der Waals surface area (Å²) in [5, 5.41) is 3.31. The molecule has 2 atom stereocenters. The molecule has 2 heterocycles. The second kappa shape index (κ2) is 10.8. The normalized spacial score (nSPS) is 25.3. The van der Waals surface area contributed by atoms with Gasteiger partial charge in [-0.15, -0.1) is 0 Å². The molecular formula is C22H38N6. The molecule has 0 aliphatic carbocycles. The van der Waals surface area contributed by atoms with Gasteiger partial charge in [0.25, 0.3) is 0 Å². The molecule has 2 aliphatic rings. The fourth-order valence-electron chi connectivity index (χ4n) is 4.49. The maximum atomic E-state index is 6.09. The Morgan fingerprint density at radius 2 is 2.00 bits per heavy atom. The third kappa shape index (κ3) is 5.93. The van der Waals surface area contributed by atoms with Crippen LogP contribution in [0.15, 0.2) is 35.3 Å². The van der Waals surface area contributed by atoms with Crippen LogP contribution in [0.3, 0.4) is 0 Å². The van der Waals surface area contributed by atoms with Gasteiger partial charge in [0.05, 0.1) is 6.54 Å². The highest BCUT2D eigenvalue weighted by Crippen LogP contribution is 2.24. The first-order valence-corrected chi connectivity index (χ1v) is 10.9. The van der Waals surface area contributed by atoms with Gasteiger partial charge in [0.1, 0.15) is 0 Å². The Morgan fingerprint density at radius 3 is 2.79 bits per heavy atom. The van der Waals surface area contributed by atoms with Crippen molar-refractivity contribution in [3.8, 4) is 0 Å². The number of rotatable bonds is 8. The molecule has 0 saturated carbocycles. The van der Waals surface area contributed by atoms with Crippen molar-refractivity contribution in [2.24, 2.45) is 10.7 Å². The number of nitrogens with zero attached hydrogens (tertiary/aromatic N) is 4. The second-order valence-electron chi connectivity index (χ2n) is 8.16. The van der Waals surface area contributed by atoms with E-state index in [1.165, 1.54) is 24.9 Å². The van der Waals surface area contributed by atoms with Gasteiger partial charge in [0.15, 0.2) is 5.96 Å². The van der Waals surface area contributed by atoms with E-state index in [1.807, 2.05) is 0 Å². The van der Waals surface area contributed by atoms with Gasteiger partial charge in [0, 0.05) is 44.8 Å². The lowest BCUT2D eigenvalue weighted by atomic mass is 10.0. The Bertz CT molecular complexity index is 604. The van der Waals surface area contributed by atoms with Crippen molar-refractivity contribution >= 4 is 5.96 Å². The number of nitrogens with one attached hydrogen (secondary N) is 1. The Hall–Kier alpha value is -1.63. The zero-order valence-corrected chi connectivity index (χ0v) is 17.7. The van der Waals surface area contributed by atoms with Gasteiger partial charge in [-0.25, -0.2) is 0 Å². The van der Waals surface area contributed by atoms with Crippen LogP contribution >= 0.6 is 0 Å². The van der Waals surface area contributed by atoms with E-state index in [0.717, 1.165) is 52.2 Å². The number of piperazine rings is 1. The summed E-state index contributed by atoms with van der Waals surface area (Å²) in [5.41, 5.74) is 7.51. The average molecular weight is 387 g/mol. The van der Waals surface area contributed by atoms with Crippen molar-refractivity contribution < 1.29 is 0 Å². The van der Waals surface area contributed by atoms with E-state index >= 15 is 0 Å². The largest absolute Gasteiger partial charge is 0.370 e. The van der Waals surface area contributed by atoms with Crippen LogP contribution < -0.4 is 11.1 Å². The van der Waals surface area contributed by atoms with Crippen molar-refractivity contribution in [3.05, 3.63) is 35.9 Å². The number of hydrogen-bond acceptors (Lipinski definition) is 4. The molecule has 2 aliphatic heterocycles. The maximum Gasteiger partial charge on any atom is 0.188 e. The van der Waals surface area contributed by atoms with Crippen molar-refractivity contribution in [2.45, 2.75) is 38.3 Å². The van der Waals surface area contributed by atoms with Crippen LogP contribution in [0.4, 0.5) is 0 Å². The number of guanidine groups is 1. The van der Waals surface area contributed by atoms with Crippen molar-refractivity contribution in [1.29, 1.82) is 0 Å². The highest BCUT2D eigenvalue weighted by atomic mass is 15.3. The molecule has 1 aromatic carbocycles. The molecule has 0 bridgehead atoms. The quantitative estimate of drug-likeness (QED) is 0.405. The van der Waals surface area contributed by atoms with E-state index in [2.05, 4.69) is 69.3 Å². The summed E-state index contributed by atoms with van der Waals surface area (Å²) in [4.78, 5) is 12.1. The first-order chi connectivity index (χ1) is 13.7. The molecule has 6 heteroatoms. The average Bonchev–Trinajstić information content (AvgIpc) is 3.19. The zero-order valence-electron chi connectivity index (χ0n) is 17.7. The van der Waals surface area contributed by atoms with Crippen LogP contribution in [-0.2, 0) is 0 Å². The van der Waals surface area contributed by atoms with E-state index in [1.54, 1.807) is 0 Å².